The fourth-order valence-corrected chi connectivity index (χ4v) is 4.10. The summed E-state index contributed by atoms with van der Waals surface area (Å²) in [5.41, 5.74) is 4.12. The van der Waals surface area contributed by atoms with Gasteiger partial charge in [-0.2, -0.15) is 0 Å². The second-order valence-electron chi connectivity index (χ2n) is 6.80. The number of carbonyl (C=O) groups is 1. The van der Waals surface area contributed by atoms with Crippen molar-refractivity contribution in [2.75, 3.05) is 12.9 Å². The Morgan fingerprint density at radius 2 is 2.03 bits per heavy atom. The van der Waals surface area contributed by atoms with Crippen molar-refractivity contribution < 1.29 is 9.53 Å². The highest BCUT2D eigenvalue weighted by molar-refractivity contribution is 7.99. The predicted molar refractivity (Wildman–Crippen MR) is 116 cm³/mol. The molecule has 0 aliphatic heterocycles. The zero-order chi connectivity index (χ0) is 20.8. The van der Waals surface area contributed by atoms with Crippen molar-refractivity contribution >= 4 is 17.5 Å². The first-order valence-electron chi connectivity index (χ1n) is 9.47. The molecule has 1 aromatic carbocycles. The molecule has 0 radical (unpaired) electrons. The number of hydrogen-bond donors (Lipinski definition) is 0. The van der Waals surface area contributed by atoms with Crippen molar-refractivity contribution in [1.29, 1.82) is 0 Å². The molecule has 0 unspecified atom stereocenters. The van der Waals surface area contributed by atoms with Crippen molar-refractivity contribution in [2.24, 2.45) is 0 Å². The number of ether oxygens (including phenoxy) is 1. The summed E-state index contributed by atoms with van der Waals surface area (Å²) in [6, 6.07) is 10.1. The standard InChI is InChI=1S/C22H26N4O2S/c1-5-11-25-15-23-24-22(25)29-14-21(27)20-13-16(2)26(17(20)3)12-10-18-6-8-19(28-4)9-7-18/h5-9,13,15H,1,10-12,14H2,2-4H3. The van der Waals surface area contributed by atoms with E-state index in [1.54, 1.807) is 19.5 Å². The Morgan fingerprint density at radius 3 is 2.72 bits per heavy atom. The molecule has 0 aliphatic carbocycles. The van der Waals surface area contributed by atoms with Gasteiger partial charge in [-0.05, 0) is 44.0 Å². The van der Waals surface area contributed by atoms with E-state index in [1.165, 1.54) is 17.3 Å². The van der Waals surface area contributed by atoms with E-state index in [1.807, 2.05) is 36.6 Å². The van der Waals surface area contributed by atoms with E-state index < -0.39 is 0 Å². The van der Waals surface area contributed by atoms with Crippen molar-refractivity contribution in [2.45, 2.75) is 38.5 Å². The lowest BCUT2D eigenvalue weighted by molar-refractivity contribution is 0.102. The number of rotatable bonds is 10. The van der Waals surface area contributed by atoms with Crippen LogP contribution in [0.5, 0.6) is 5.75 Å². The number of aromatic nitrogens is 4. The van der Waals surface area contributed by atoms with E-state index in [0.717, 1.165) is 40.8 Å². The van der Waals surface area contributed by atoms with E-state index in [2.05, 4.69) is 33.5 Å². The average Bonchev–Trinajstić information content (AvgIpc) is 3.29. The largest absolute Gasteiger partial charge is 0.497 e. The molecule has 0 fully saturated rings. The summed E-state index contributed by atoms with van der Waals surface area (Å²) in [5.74, 6) is 1.29. The zero-order valence-electron chi connectivity index (χ0n) is 17.1. The van der Waals surface area contributed by atoms with Crippen molar-refractivity contribution in [3.63, 3.8) is 0 Å². The highest BCUT2D eigenvalue weighted by atomic mass is 32.2. The van der Waals surface area contributed by atoms with E-state index in [-0.39, 0.29) is 5.78 Å². The van der Waals surface area contributed by atoms with Gasteiger partial charge in [-0.1, -0.05) is 30.0 Å². The normalized spacial score (nSPS) is 10.9. The van der Waals surface area contributed by atoms with Crippen molar-refractivity contribution in [1.82, 2.24) is 19.3 Å². The SMILES string of the molecule is C=CCn1cnnc1SCC(=O)c1cc(C)n(CCc2ccc(OC)cc2)c1C. The second-order valence-corrected chi connectivity index (χ2v) is 7.74. The highest BCUT2D eigenvalue weighted by Gasteiger charge is 2.17. The predicted octanol–water partition coefficient (Wildman–Crippen LogP) is 4.11. The van der Waals surface area contributed by atoms with Crippen LogP contribution in [0.25, 0.3) is 0 Å². The Hall–Kier alpha value is -2.80. The molecule has 0 aliphatic rings. The van der Waals surface area contributed by atoms with Crippen LogP contribution in [0, 0.1) is 13.8 Å². The van der Waals surface area contributed by atoms with Gasteiger partial charge in [0.15, 0.2) is 10.9 Å². The van der Waals surface area contributed by atoms with Gasteiger partial charge >= 0.3 is 0 Å². The molecule has 3 rings (SSSR count). The molecule has 2 heterocycles. The molecule has 0 N–H and O–H groups in total. The van der Waals surface area contributed by atoms with Gasteiger partial charge in [0, 0.05) is 30.0 Å². The van der Waals surface area contributed by atoms with E-state index >= 15 is 0 Å². The number of nitrogens with zero attached hydrogens (tertiary/aromatic N) is 4. The summed E-state index contributed by atoms with van der Waals surface area (Å²) < 4.78 is 9.30. The Balaban J connectivity index is 1.65. The van der Waals surface area contributed by atoms with Crippen LogP contribution in [0.15, 0.2) is 54.5 Å². The number of Topliss-reactive ketones (excluding diaryl/α,β-unsaturated/α-hetero) is 1. The van der Waals surface area contributed by atoms with Crippen LogP contribution in [0.4, 0.5) is 0 Å². The van der Waals surface area contributed by atoms with Gasteiger partial charge in [0.25, 0.3) is 0 Å². The maximum Gasteiger partial charge on any atom is 0.191 e. The zero-order valence-corrected chi connectivity index (χ0v) is 17.9. The lowest BCUT2D eigenvalue weighted by atomic mass is 10.1. The topological polar surface area (TPSA) is 61.9 Å². The van der Waals surface area contributed by atoms with Gasteiger partial charge in [0.05, 0.1) is 12.9 Å². The summed E-state index contributed by atoms with van der Waals surface area (Å²) >= 11 is 1.41. The molecule has 0 atom stereocenters. The molecule has 0 spiro atoms. The van der Waals surface area contributed by atoms with Crippen molar-refractivity contribution in [3.05, 3.63) is 71.8 Å². The van der Waals surface area contributed by atoms with E-state index in [9.17, 15) is 4.79 Å². The third-order valence-corrected chi connectivity index (χ3v) is 5.88. The third kappa shape index (κ3) is 4.98. The molecule has 6 nitrogen and oxygen atoms in total. The molecule has 2 aromatic heterocycles. The van der Waals surface area contributed by atoms with Gasteiger partial charge in [-0.25, -0.2) is 0 Å². The average molecular weight is 411 g/mol. The first kappa shape index (κ1) is 20.9. The Labute approximate surface area is 175 Å². The number of thioether (sulfide) groups is 1. The number of benzene rings is 1. The van der Waals surface area contributed by atoms with Crippen LogP contribution >= 0.6 is 11.8 Å². The van der Waals surface area contributed by atoms with E-state index in [0.29, 0.717) is 12.3 Å². The fourth-order valence-electron chi connectivity index (χ4n) is 3.29. The molecular weight excluding hydrogens is 384 g/mol. The van der Waals surface area contributed by atoms with Crippen molar-refractivity contribution in [3.8, 4) is 5.75 Å². The fraction of sp³-hybridized carbons (Fsp3) is 0.318. The molecular formula is C22H26N4O2S. The number of carbonyl (C=O) groups excluding carboxylic acids is 1. The van der Waals surface area contributed by atoms with Gasteiger partial charge in [0.1, 0.15) is 12.1 Å². The summed E-state index contributed by atoms with van der Waals surface area (Å²) in [4.78, 5) is 12.8. The van der Waals surface area contributed by atoms with Gasteiger partial charge in [0.2, 0.25) is 0 Å². The number of allylic oxidation sites excluding steroid dienone is 1. The number of aryl methyl sites for hydroxylation is 2. The molecule has 7 heteroatoms. The second kappa shape index (κ2) is 9.60. The Bertz CT molecular complexity index is 989. The maximum absolute atomic E-state index is 12.8. The number of methoxy groups -OCH3 is 1. The monoisotopic (exact) mass is 410 g/mol. The highest BCUT2D eigenvalue weighted by Crippen LogP contribution is 2.21. The minimum absolute atomic E-state index is 0.104. The summed E-state index contributed by atoms with van der Waals surface area (Å²) in [5, 5.41) is 8.72. The minimum atomic E-state index is 0.104. The molecule has 29 heavy (non-hydrogen) atoms. The van der Waals surface area contributed by atoms with Gasteiger partial charge in [-0.3, -0.25) is 4.79 Å². The van der Waals surface area contributed by atoms with E-state index in [4.69, 9.17) is 4.74 Å². The summed E-state index contributed by atoms with van der Waals surface area (Å²) in [6.07, 6.45) is 4.33. The molecule has 3 aromatic rings. The molecule has 152 valence electrons. The summed E-state index contributed by atoms with van der Waals surface area (Å²) in [7, 11) is 1.67. The first-order chi connectivity index (χ1) is 14.0. The van der Waals surface area contributed by atoms with Crippen LogP contribution in [0.2, 0.25) is 0 Å². The Kier molecular flexibility index (Phi) is 6.93. The quantitative estimate of drug-likeness (QED) is 0.286. The molecule has 0 saturated carbocycles. The van der Waals surface area contributed by atoms with Crippen LogP contribution in [0.1, 0.15) is 27.3 Å². The first-order valence-corrected chi connectivity index (χ1v) is 10.5. The van der Waals surface area contributed by atoms with Gasteiger partial charge < -0.3 is 13.9 Å². The third-order valence-electron chi connectivity index (χ3n) is 4.90. The maximum atomic E-state index is 12.8. The number of hydrogen-bond acceptors (Lipinski definition) is 5. The molecule has 0 amide bonds. The lowest BCUT2D eigenvalue weighted by Crippen LogP contribution is -2.09. The van der Waals surface area contributed by atoms with Crippen LogP contribution < -0.4 is 4.74 Å². The summed E-state index contributed by atoms with van der Waals surface area (Å²) in [6.45, 7) is 9.25. The van der Waals surface area contributed by atoms with Gasteiger partial charge in [-0.15, -0.1) is 16.8 Å². The lowest BCUT2D eigenvalue weighted by Gasteiger charge is -2.10. The van der Waals surface area contributed by atoms with Crippen LogP contribution in [-0.2, 0) is 19.5 Å². The smallest absolute Gasteiger partial charge is 0.191 e. The van der Waals surface area contributed by atoms with Crippen LogP contribution in [0.3, 0.4) is 0 Å². The number of ketones is 1. The minimum Gasteiger partial charge on any atom is -0.497 e. The molecule has 0 saturated heterocycles. The van der Waals surface area contributed by atoms with Crippen LogP contribution in [-0.4, -0.2) is 38.0 Å². The Morgan fingerprint density at radius 1 is 1.28 bits per heavy atom. The molecule has 0 bridgehead atoms.